The van der Waals surface area contributed by atoms with Crippen molar-refractivity contribution < 1.29 is 18.0 Å². The average molecular weight is 365 g/mol. The van der Waals surface area contributed by atoms with Crippen molar-refractivity contribution in [1.29, 1.82) is 0 Å². The Kier molecular flexibility index (Phi) is 5.06. The first-order valence-corrected chi connectivity index (χ1v) is 8.17. The number of halogens is 3. The molecule has 0 atom stereocenters. The van der Waals surface area contributed by atoms with E-state index in [1.54, 1.807) is 28.3 Å². The Balaban J connectivity index is 1.63. The van der Waals surface area contributed by atoms with Gasteiger partial charge in [-0.3, -0.25) is 9.78 Å². The second-order valence-corrected chi connectivity index (χ2v) is 6.06. The maximum Gasteiger partial charge on any atom is 0.433 e. The van der Waals surface area contributed by atoms with Crippen molar-refractivity contribution in [2.45, 2.75) is 19.5 Å². The van der Waals surface area contributed by atoms with Crippen LogP contribution in [0.5, 0.6) is 0 Å². The minimum atomic E-state index is -4.51. The Morgan fingerprint density at radius 1 is 1.19 bits per heavy atom. The van der Waals surface area contributed by atoms with Gasteiger partial charge in [0.1, 0.15) is 17.3 Å². The van der Waals surface area contributed by atoms with E-state index in [1.165, 1.54) is 6.92 Å². The Morgan fingerprint density at radius 2 is 1.92 bits per heavy atom. The van der Waals surface area contributed by atoms with E-state index >= 15 is 0 Å². The van der Waals surface area contributed by atoms with E-state index in [4.69, 9.17) is 0 Å². The second-order valence-electron chi connectivity index (χ2n) is 6.06. The van der Waals surface area contributed by atoms with E-state index in [2.05, 4.69) is 15.0 Å². The molecular formula is C17H18F3N5O. The van der Waals surface area contributed by atoms with Crippen molar-refractivity contribution in [3.05, 3.63) is 47.7 Å². The minimum absolute atomic E-state index is 0.0208. The third-order valence-electron chi connectivity index (χ3n) is 4.15. The summed E-state index contributed by atoms with van der Waals surface area (Å²) >= 11 is 0. The van der Waals surface area contributed by atoms with Gasteiger partial charge in [0, 0.05) is 44.6 Å². The van der Waals surface area contributed by atoms with Gasteiger partial charge in [0.2, 0.25) is 5.91 Å². The summed E-state index contributed by atoms with van der Waals surface area (Å²) in [5, 5.41) is 0. The summed E-state index contributed by atoms with van der Waals surface area (Å²) in [5.74, 6) is 0.293. The molecule has 1 fully saturated rings. The van der Waals surface area contributed by atoms with Crippen molar-refractivity contribution in [3.63, 3.8) is 0 Å². The lowest BCUT2D eigenvalue weighted by Gasteiger charge is -2.35. The molecule has 2 aromatic heterocycles. The number of alkyl halides is 3. The Bertz CT molecular complexity index is 774. The molecule has 1 aliphatic heterocycles. The number of nitrogens with zero attached hydrogens (tertiary/aromatic N) is 5. The lowest BCUT2D eigenvalue weighted by molar-refractivity contribution is -0.141. The highest BCUT2D eigenvalue weighted by Gasteiger charge is 2.34. The molecule has 1 aliphatic rings. The molecule has 26 heavy (non-hydrogen) atoms. The van der Waals surface area contributed by atoms with Gasteiger partial charge >= 0.3 is 6.18 Å². The summed E-state index contributed by atoms with van der Waals surface area (Å²) in [6.45, 7) is 3.15. The zero-order chi connectivity index (χ0) is 18.7. The molecule has 0 spiro atoms. The number of hydrogen-bond donors (Lipinski definition) is 0. The molecule has 0 radical (unpaired) electrons. The van der Waals surface area contributed by atoms with Gasteiger partial charge in [-0.2, -0.15) is 13.2 Å². The van der Waals surface area contributed by atoms with E-state index in [9.17, 15) is 18.0 Å². The SMILES string of the molecule is Cc1nc(N2CCN(C(=O)Cc3cccnc3)CC2)cc(C(F)(F)F)n1. The zero-order valence-corrected chi connectivity index (χ0v) is 14.2. The van der Waals surface area contributed by atoms with Crippen LogP contribution in [0.2, 0.25) is 0 Å². The van der Waals surface area contributed by atoms with Crippen LogP contribution in [0.25, 0.3) is 0 Å². The van der Waals surface area contributed by atoms with E-state index in [-0.39, 0.29) is 24.0 Å². The molecule has 0 saturated carbocycles. The standard InChI is InChI=1S/C17H18F3N5O/c1-12-22-14(17(18,19)20)10-15(23-12)24-5-7-25(8-6-24)16(26)9-13-3-2-4-21-11-13/h2-4,10-11H,5-9H2,1H3. The highest BCUT2D eigenvalue weighted by molar-refractivity contribution is 5.79. The van der Waals surface area contributed by atoms with Gasteiger partial charge in [0.05, 0.1) is 6.42 Å². The van der Waals surface area contributed by atoms with Crippen LogP contribution in [0, 0.1) is 6.92 Å². The van der Waals surface area contributed by atoms with E-state index in [0.717, 1.165) is 11.6 Å². The molecule has 1 saturated heterocycles. The fourth-order valence-electron chi connectivity index (χ4n) is 2.83. The highest BCUT2D eigenvalue weighted by atomic mass is 19.4. The Morgan fingerprint density at radius 3 is 2.54 bits per heavy atom. The zero-order valence-electron chi connectivity index (χ0n) is 14.2. The highest BCUT2D eigenvalue weighted by Crippen LogP contribution is 2.29. The molecule has 3 rings (SSSR count). The molecule has 0 bridgehead atoms. The molecule has 2 aromatic rings. The molecule has 6 nitrogen and oxygen atoms in total. The summed E-state index contributed by atoms with van der Waals surface area (Å²) in [7, 11) is 0. The minimum Gasteiger partial charge on any atom is -0.353 e. The summed E-state index contributed by atoms with van der Waals surface area (Å²) in [4.78, 5) is 27.4. The van der Waals surface area contributed by atoms with Crippen molar-refractivity contribution in [3.8, 4) is 0 Å². The summed E-state index contributed by atoms with van der Waals surface area (Å²) in [6, 6.07) is 4.57. The topological polar surface area (TPSA) is 62.2 Å². The number of amides is 1. The first kappa shape index (κ1) is 18.1. The Hall–Kier alpha value is -2.71. The largest absolute Gasteiger partial charge is 0.433 e. The van der Waals surface area contributed by atoms with Crippen molar-refractivity contribution in [1.82, 2.24) is 19.9 Å². The van der Waals surface area contributed by atoms with Crippen molar-refractivity contribution in [2.24, 2.45) is 0 Å². The predicted molar refractivity (Wildman–Crippen MR) is 88.5 cm³/mol. The third kappa shape index (κ3) is 4.27. The maximum atomic E-state index is 12.9. The molecule has 0 unspecified atom stereocenters. The van der Waals surface area contributed by atoms with Crippen LogP contribution in [0.4, 0.5) is 19.0 Å². The van der Waals surface area contributed by atoms with Gasteiger partial charge in [0.25, 0.3) is 0 Å². The molecule has 9 heteroatoms. The fourth-order valence-corrected chi connectivity index (χ4v) is 2.83. The second kappa shape index (κ2) is 7.27. The fraction of sp³-hybridized carbons (Fsp3) is 0.412. The maximum absolute atomic E-state index is 12.9. The normalized spacial score (nSPS) is 15.2. The lowest BCUT2D eigenvalue weighted by atomic mass is 10.2. The van der Waals surface area contributed by atoms with Crippen LogP contribution >= 0.6 is 0 Å². The van der Waals surface area contributed by atoms with E-state index in [1.807, 2.05) is 6.07 Å². The molecular weight excluding hydrogens is 347 g/mol. The quantitative estimate of drug-likeness (QED) is 0.834. The average Bonchev–Trinajstić information content (AvgIpc) is 2.61. The number of piperazine rings is 1. The molecule has 0 aliphatic carbocycles. The van der Waals surface area contributed by atoms with Crippen LogP contribution < -0.4 is 4.90 Å². The van der Waals surface area contributed by atoms with Crippen molar-refractivity contribution in [2.75, 3.05) is 31.1 Å². The molecule has 1 amide bonds. The van der Waals surface area contributed by atoms with Gasteiger partial charge in [-0.1, -0.05) is 6.07 Å². The summed E-state index contributed by atoms with van der Waals surface area (Å²) in [5.41, 5.74) is -0.115. The van der Waals surface area contributed by atoms with Crippen LogP contribution in [0.15, 0.2) is 30.6 Å². The van der Waals surface area contributed by atoms with Gasteiger partial charge in [0.15, 0.2) is 0 Å². The lowest BCUT2D eigenvalue weighted by Crippen LogP contribution is -2.49. The van der Waals surface area contributed by atoms with Crippen molar-refractivity contribution >= 4 is 11.7 Å². The van der Waals surface area contributed by atoms with E-state index in [0.29, 0.717) is 26.2 Å². The van der Waals surface area contributed by atoms with E-state index < -0.39 is 11.9 Å². The molecule has 0 aromatic carbocycles. The number of pyridine rings is 1. The number of rotatable bonds is 3. The van der Waals surface area contributed by atoms with Gasteiger partial charge < -0.3 is 9.80 Å². The first-order valence-electron chi connectivity index (χ1n) is 8.17. The number of hydrogen-bond acceptors (Lipinski definition) is 5. The summed E-state index contributed by atoms with van der Waals surface area (Å²) < 4.78 is 38.8. The van der Waals surface area contributed by atoms with Gasteiger partial charge in [-0.15, -0.1) is 0 Å². The van der Waals surface area contributed by atoms with Crippen LogP contribution in [-0.4, -0.2) is 51.9 Å². The van der Waals surface area contributed by atoms with Crippen LogP contribution in [-0.2, 0) is 17.4 Å². The number of aryl methyl sites for hydroxylation is 1. The third-order valence-corrected chi connectivity index (χ3v) is 4.15. The number of carbonyl (C=O) groups is 1. The number of carbonyl (C=O) groups excluding carboxylic acids is 1. The van der Waals surface area contributed by atoms with Gasteiger partial charge in [-0.25, -0.2) is 9.97 Å². The van der Waals surface area contributed by atoms with Crippen LogP contribution in [0.1, 0.15) is 17.1 Å². The van der Waals surface area contributed by atoms with Crippen LogP contribution in [0.3, 0.4) is 0 Å². The number of anilines is 1. The van der Waals surface area contributed by atoms with Gasteiger partial charge in [-0.05, 0) is 18.6 Å². The Labute approximate surface area is 148 Å². The predicted octanol–water partition coefficient (Wildman–Crippen LogP) is 2.09. The first-order chi connectivity index (χ1) is 12.3. The number of aromatic nitrogens is 3. The monoisotopic (exact) mass is 365 g/mol. The molecule has 0 N–H and O–H groups in total. The smallest absolute Gasteiger partial charge is 0.353 e. The molecule has 3 heterocycles. The summed E-state index contributed by atoms with van der Waals surface area (Å²) in [6.07, 6.45) is -0.954. The molecule has 138 valence electrons.